The molecule has 6 nitrogen and oxygen atoms in total. The number of likely N-dealkylation sites (tertiary alicyclic amines) is 1. The SMILES string of the molecule is CCN1CCCC1CNC(=NCC(=O)N(C)C)NC(C)c1ccccc1.I. The first-order valence-corrected chi connectivity index (χ1v) is 9.55. The predicted molar refractivity (Wildman–Crippen MR) is 123 cm³/mol. The number of guanidine groups is 1. The lowest BCUT2D eigenvalue weighted by molar-refractivity contribution is -0.127. The quantitative estimate of drug-likeness (QED) is 0.353. The number of hydrogen-bond acceptors (Lipinski definition) is 3. The summed E-state index contributed by atoms with van der Waals surface area (Å²) < 4.78 is 0. The molecule has 7 heteroatoms. The third kappa shape index (κ3) is 7.65. The van der Waals surface area contributed by atoms with Crippen molar-refractivity contribution in [1.82, 2.24) is 20.4 Å². The van der Waals surface area contributed by atoms with Gasteiger partial charge in [-0.25, -0.2) is 4.99 Å². The molecule has 152 valence electrons. The molecule has 2 N–H and O–H groups in total. The van der Waals surface area contributed by atoms with E-state index in [1.807, 2.05) is 18.2 Å². The minimum absolute atomic E-state index is 0. The molecule has 1 fully saturated rings. The van der Waals surface area contributed by atoms with E-state index in [1.165, 1.54) is 24.9 Å². The van der Waals surface area contributed by atoms with Gasteiger partial charge in [-0.2, -0.15) is 0 Å². The van der Waals surface area contributed by atoms with Crippen LogP contribution in [-0.2, 0) is 4.79 Å². The molecule has 2 atom stereocenters. The average molecular weight is 487 g/mol. The highest BCUT2D eigenvalue weighted by Crippen LogP contribution is 2.16. The molecule has 0 spiro atoms. The molecule has 1 aromatic rings. The van der Waals surface area contributed by atoms with Gasteiger partial charge in [-0.05, 0) is 38.4 Å². The second kappa shape index (κ2) is 12.2. The van der Waals surface area contributed by atoms with Crippen LogP contribution in [0.4, 0.5) is 0 Å². The molecule has 1 heterocycles. The lowest BCUT2D eigenvalue weighted by Crippen LogP contribution is -2.45. The molecule has 2 rings (SSSR count). The van der Waals surface area contributed by atoms with Crippen LogP contribution in [0.25, 0.3) is 0 Å². The van der Waals surface area contributed by atoms with Crippen LogP contribution in [0.2, 0.25) is 0 Å². The van der Waals surface area contributed by atoms with E-state index in [-0.39, 0.29) is 42.5 Å². The number of aliphatic imine (C=N–C) groups is 1. The summed E-state index contributed by atoms with van der Waals surface area (Å²) in [4.78, 5) is 20.5. The van der Waals surface area contributed by atoms with Crippen molar-refractivity contribution in [2.24, 2.45) is 4.99 Å². The minimum Gasteiger partial charge on any atom is -0.355 e. The Balaban J connectivity index is 0.00000364. The molecule has 1 saturated heterocycles. The summed E-state index contributed by atoms with van der Waals surface area (Å²) in [5.74, 6) is 0.689. The third-order valence-corrected chi connectivity index (χ3v) is 4.93. The summed E-state index contributed by atoms with van der Waals surface area (Å²) in [6.07, 6.45) is 2.46. The van der Waals surface area contributed by atoms with Gasteiger partial charge in [-0.3, -0.25) is 9.69 Å². The molecule has 0 aromatic heterocycles. The molecule has 1 aromatic carbocycles. The van der Waals surface area contributed by atoms with Crippen LogP contribution in [0.1, 0.15) is 38.3 Å². The van der Waals surface area contributed by atoms with E-state index in [1.54, 1.807) is 19.0 Å². The maximum atomic E-state index is 11.9. The molecular formula is C20H34IN5O. The van der Waals surface area contributed by atoms with Crippen molar-refractivity contribution in [2.45, 2.75) is 38.8 Å². The number of nitrogens with one attached hydrogen (secondary N) is 2. The summed E-state index contributed by atoms with van der Waals surface area (Å²) in [5.41, 5.74) is 1.19. The number of amides is 1. The van der Waals surface area contributed by atoms with Crippen molar-refractivity contribution < 1.29 is 4.79 Å². The molecule has 1 aliphatic rings. The molecule has 0 bridgehead atoms. The van der Waals surface area contributed by atoms with Gasteiger partial charge in [0.15, 0.2) is 5.96 Å². The van der Waals surface area contributed by atoms with Gasteiger partial charge in [-0.15, -0.1) is 24.0 Å². The van der Waals surface area contributed by atoms with E-state index in [9.17, 15) is 4.79 Å². The third-order valence-electron chi connectivity index (χ3n) is 4.93. The van der Waals surface area contributed by atoms with E-state index in [4.69, 9.17) is 0 Å². The average Bonchev–Trinajstić information content (AvgIpc) is 3.11. The first-order chi connectivity index (χ1) is 12.5. The van der Waals surface area contributed by atoms with Crippen LogP contribution in [0.15, 0.2) is 35.3 Å². The number of likely N-dealkylation sites (N-methyl/N-ethyl adjacent to an activating group) is 2. The summed E-state index contributed by atoms with van der Waals surface area (Å²) in [5, 5.41) is 6.88. The number of benzene rings is 1. The normalized spacial score (nSPS) is 18.5. The Labute approximate surface area is 180 Å². The Morgan fingerprint density at radius 2 is 2.04 bits per heavy atom. The maximum absolute atomic E-state index is 11.9. The topological polar surface area (TPSA) is 60.0 Å². The fourth-order valence-corrected chi connectivity index (χ4v) is 3.23. The van der Waals surface area contributed by atoms with Crippen LogP contribution < -0.4 is 10.6 Å². The fraction of sp³-hybridized carbons (Fsp3) is 0.600. The van der Waals surface area contributed by atoms with Crippen molar-refractivity contribution in [3.8, 4) is 0 Å². The first kappa shape index (κ1) is 23.7. The number of nitrogens with zero attached hydrogens (tertiary/aromatic N) is 3. The van der Waals surface area contributed by atoms with E-state index >= 15 is 0 Å². The minimum atomic E-state index is -0.00508. The first-order valence-electron chi connectivity index (χ1n) is 9.55. The second-order valence-electron chi connectivity index (χ2n) is 7.04. The van der Waals surface area contributed by atoms with Gasteiger partial charge in [0.25, 0.3) is 0 Å². The van der Waals surface area contributed by atoms with Crippen molar-refractivity contribution in [3.05, 3.63) is 35.9 Å². The van der Waals surface area contributed by atoms with Gasteiger partial charge in [0.1, 0.15) is 6.54 Å². The van der Waals surface area contributed by atoms with Gasteiger partial charge in [0.05, 0.1) is 6.04 Å². The fourth-order valence-electron chi connectivity index (χ4n) is 3.23. The highest BCUT2D eigenvalue weighted by Gasteiger charge is 2.23. The Morgan fingerprint density at radius 1 is 1.33 bits per heavy atom. The lowest BCUT2D eigenvalue weighted by Gasteiger charge is -2.25. The largest absolute Gasteiger partial charge is 0.355 e. The van der Waals surface area contributed by atoms with Crippen LogP contribution in [0, 0.1) is 0 Å². The zero-order valence-corrected chi connectivity index (χ0v) is 19.3. The molecule has 0 saturated carbocycles. The number of carbonyl (C=O) groups excluding carboxylic acids is 1. The number of rotatable bonds is 7. The van der Waals surface area contributed by atoms with Crippen LogP contribution in [0.5, 0.6) is 0 Å². The van der Waals surface area contributed by atoms with Gasteiger partial charge in [0, 0.05) is 26.7 Å². The van der Waals surface area contributed by atoms with Crippen LogP contribution in [0.3, 0.4) is 0 Å². The Bertz CT molecular complexity index is 593. The number of hydrogen-bond donors (Lipinski definition) is 2. The van der Waals surface area contributed by atoms with Gasteiger partial charge < -0.3 is 15.5 Å². The van der Waals surface area contributed by atoms with E-state index < -0.39 is 0 Å². The Morgan fingerprint density at radius 3 is 2.67 bits per heavy atom. The Hall–Kier alpha value is -1.35. The second-order valence-corrected chi connectivity index (χ2v) is 7.04. The van der Waals surface area contributed by atoms with Crippen molar-refractivity contribution in [3.63, 3.8) is 0 Å². The zero-order chi connectivity index (χ0) is 18.9. The van der Waals surface area contributed by atoms with Crippen LogP contribution >= 0.6 is 24.0 Å². The Kier molecular flexibility index (Phi) is 10.7. The summed E-state index contributed by atoms with van der Waals surface area (Å²) in [6, 6.07) is 10.9. The number of halogens is 1. The molecule has 1 amide bonds. The van der Waals surface area contributed by atoms with Crippen LogP contribution in [-0.4, -0.2) is 68.0 Å². The number of carbonyl (C=O) groups is 1. The van der Waals surface area contributed by atoms with Crippen molar-refractivity contribution in [2.75, 3.05) is 40.3 Å². The lowest BCUT2D eigenvalue weighted by atomic mass is 10.1. The monoisotopic (exact) mass is 487 g/mol. The smallest absolute Gasteiger partial charge is 0.243 e. The molecule has 0 aliphatic carbocycles. The highest BCUT2D eigenvalue weighted by atomic mass is 127. The van der Waals surface area contributed by atoms with E-state index in [0.717, 1.165) is 13.1 Å². The summed E-state index contributed by atoms with van der Waals surface area (Å²) >= 11 is 0. The van der Waals surface area contributed by atoms with E-state index in [2.05, 4.69) is 46.5 Å². The maximum Gasteiger partial charge on any atom is 0.243 e. The molecule has 2 unspecified atom stereocenters. The summed E-state index contributed by atoms with van der Waals surface area (Å²) in [7, 11) is 3.51. The van der Waals surface area contributed by atoms with E-state index in [0.29, 0.717) is 12.0 Å². The van der Waals surface area contributed by atoms with Gasteiger partial charge in [0.2, 0.25) is 5.91 Å². The standard InChI is InChI=1S/C20H33N5O.HI/c1-5-25-13-9-12-18(25)14-21-20(22-15-19(26)24(3)4)23-16(2)17-10-7-6-8-11-17;/h6-8,10-11,16,18H,5,9,12-15H2,1-4H3,(H2,21,22,23);1H. The molecule has 0 radical (unpaired) electrons. The highest BCUT2D eigenvalue weighted by molar-refractivity contribution is 14.0. The molecular weight excluding hydrogens is 453 g/mol. The van der Waals surface area contributed by atoms with Gasteiger partial charge >= 0.3 is 0 Å². The zero-order valence-electron chi connectivity index (χ0n) is 16.9. The predicted octanol–water partition coefficient (Wildman–Crippen LogP) is 2.47. The van der Waals surface area contributed by atoms with Crippen molar-refractivity contribution in [1.29, 1.82) is 0 Å². The molecule has 27 heavy (non-hydrogen) atoms. The molecule has 1 aliphatic heterocycles. The van der Waals surface area contributed by atoms with Crippen molar-refractivity contribution >= 4 is 35.8 Å². The van der Waals surface area contributed by atoms with Gasteiger partial charge in [-0.1, -0.05) is 37.3 Å². The summed E-state index contributed by atoms with van der Waals surface area (Å²) in [6.45, 7) is 7.55.